The van der Waals surface area contributed by atoms with E-state index in [1.54, 1.807) is 46.2 Å². The van der Waals surface area contributed by atoms with Crippen LogP contribution in [0.2, 0.25) is 10.0 Å². The van der Waals surface area contributed by atoms with Crippen molar-refractivity contribution in [3.63, 3.8) is 0 Å². The van der Waals surface area contributed by atoms with Gasteiger partial charge >= 0.3 is 12.2 Å². The van der Waals surface area contributed by atoms with Crippen molar-refractivity contribution in [1.82, 2.24) is 25.8 Å². The molecular weight excluding hydrogens is 683 g/mol. The van der Waals surface area contributed by atoms with Gasteiger partial charge in [0.05, 0.1) is 5.66 Å². The molecule has 3 fully saturated rings. The normalized spacial score (nSPS) is 21.2. The molecule has 3 N–H and O–H groups in total. The molecule has 14 heteroatoms. The van der Waals surface area contributed by atoms with E-state index in [2.05, 4.69) is 20.9 Å². The van der Waals surface area contributed by atoms with Crippen LogP contribution in [0.4, 0.5) is 9.59 Å². The lowest BCUT2D eigenvalue weighted by Gasteiger charge is -2.39. The molecule has 4 aliphatic rings. The number of ether oxygens (including phenoxy) is 2. The van der Waals surface area contributed by atoms with E-state index in [0.29, 0.717) is 67.6 Å². The monoisotopic (exact) mass is 728 g/mol. The summed E-state index contributed by atoms with van der Waals surface area (Å²) in [6.07, 6.45) is 1.78. The minimum absolute atomic E-state index is 0.0481. The molecule has 2 spiro atoms. The van der Waals surface area contributed by atoms with Gasteiger partial charge in [-0.3, -0.25) is 19.9 Å². The van der Waals surface area contributed by atoms with Crippen molar-refractivity contribution in [3.8, 4) is 0 Å². The largest absolute Gasteiger partial charge is 0.444 e. The van der Waals surface area contributed by atoms with E-state index in [1.165, 1.54) is 0 Å². The average molecular weight is 730 g/mol. The molecule has 270 valence electrons. The smallest absolute Gasteiger partial charge is 0.410 e. The highest BCUT2D eigenvalue weighted by atomic mass is 35.5. The molecule has 0 aliphatic carbocycles. The number of rotatable bonds is 2. The highest BCUT2D eigenvalue weighted by molar-refractivity contribution is 6.47. The van der Waals surface area contributed by atoms with Crippen LogP contribution in [0.1, 0.15) is 84.4 Å². The Labute approximate surface area is 303 Å². The van der Waals surface area contributed by atoms with Crippen molar-refractivity contribution in [1.29, 1.82) is 0 Å². The third-order valence-electron chi connectivity index (χ3n) is 8.76. The Hall–Kier alpha value is -3.87. The van der Waals surface area contributed by atoms with E-state index in [9.17, 15) is 19.2 Å². The average Bonchev–Trinajstić information content (AvgIpc) is 3.52. The summed E-state index contributed by atoms with van der Waals surface area (Å²) >= 11 is 11.8. The zero-order valence-corrected chi connectivity index (χ0v) is 30.9. The first-order valence-corrected chi connectivity index (χ1v) is 17.6. The molecule has 12 nitrogen and oxygen atoms in total. The lowest BCUT2D eigenvalue weighted by atomic mass is 9.97. The van der Waals surface area contributed by atoms with E-state index >= 15 is 0 Å². The SMILES string of the molecule is CC(C)(C)OC(=O)N1CCC2(CC1)N=C(c1ccc(Cl)cc1)C(=O)N2.CC(C)(C)OC(=O)N1CCC2(CC1)NC(=O)C(c1ccc(Cl)cc1)N2. The van der Waals surface area contributed by atoms with Crippen LogP contribution in [-0.2, 0) is 19.1 Å². The van der Waals surface area contributed by atoms with Crippen LogP contribution in [0.25, 0.3) is 0 Å². The number of nitrogens with one attached hydrogen (secondary N) is 3. The molecule has 4 aliphatic heterocycles. The maximum atomic E-state index is 12.4. The van der Waals surface area contributed by atoms with Crippen molar-refractivity contribution < 1.29 is 28.7 Å². The fourth-order valence-corrected chi connectivity index (χ4v) is 6.48. The number of aliphatic imine (C=N–C) groups is 1. The Morgan fingerprint density at radius 2 is 1.20 bits per heavy atom. The quantitative estimate of drug-likeness (QED) is 0.354. The number of hydrogen-bond acceptors (Lipinski definition) is 8. The molecule has 0 saturated carbocycles. The fourth-order valence-electron chi connectivity index (χ4n) is 6.23. The number of nitrogens with zero attached hydrogens (tertiary/aromatic N) is 3. The van der Waals surface area contributed by atoms with Crippen LogP contribution in [0, 0.1) is 0 Å². The minimum Gasteiger partial charge on any atom is -0.444 e. The third kappa shape index (κ3) is 9.26. The Morgan fingerprint density at radius 1 is 0.740 bits per heavy atom. The van der Waals surface area contributed by atoms with Gasteiger partial charge < -0.3 is 29.9 Å². The van der Waals surface area contributed by atoms with Crippen molar-refractivity contribution in [2.75, 3.05) is 26.2 Å². The molecule has 1 unspecified atom stereocenters. The van der Waals surface area contributed by atoms with Gasteiger partial charge in [0.15, 0.2) is 0 Å². The van der Waals surface area contributed by atoms with Crippen molar-refractivity contribution in [2.24, 2.45) is 4.99 Å². The highest BCUT2D eigenvalue weighted by Gasteiger charge is 2.47. The fraction of sp³-hybridized carbons (Fsp3) is 0.528. The van der Waals surface area contributed by atoms with Gasteiger partial charge in [-0.1, -0.05) is 47.5 Å². The second-order valence-corrected chi connectivity index (χ2v) is 16.0. The summed E-state index contributed by atoms with van der Waals surface area (Å²) in [7, 11) is 0. The number of piperidine rings is 2. The first-order valence-electron chi connectivity index (χ1n) is 16.8. The molecule has 0 aromatic heterocycles. The second kappa shape index (κ2) is 14.4. The molecule has 2 aromatic carbocycles. The Kier molecular flexibility index (Phi) is 10.8. The zero-order chi connectivity index (χ0) is 36.5. The van der Waals surface area contributed by atoms with Crippen LogP contribution in [-0.4, -0.2) is 88.2 Å². The van der Waals surface area contributed by atoms with Crippen LogP contribution in [0.3, 0.4) is 0 Å². The number of hydrogen-bond donors (Lipinski definition) is 3. The van der Waals surface area contributed by atoms with Crippen LogP contribution < -0.4 is 16.0 Å². The van der Waals surface area contributed by atoms with Crippen molar-refractivity contribution >= 4 is 52.9 Å². The lowest BCUT2D eigenvalue weighted by molar-refractivity contribution is -0.121. The Balaban J connectivity index is 0.000000194. The van der Waals surface area contributed by atoms with Crippen LogP contribution in [0.5, 0.6) is 0 Å². The van der Waals surface area contributed by atoms with Gasteiger partial charge in [0, 0.05) is 67.5 Å². The summed E-state index contributed by atoms with van der Waals surface area (Å²) in [6.45, 7) is 13.1. The summed E-state index contributed by atoms with van der Waals surface area (Å²) < 4.78 is 10.8. The molecular formula is C36H46Cl2N6O6. The summed E-state index contributed by atoms with van der Waals surface area (Å²) in [6, 6.07) is 13.9. The number of benzene rings is 2. The molecule has 1 atom stereocenters. The summed E-state index contributed by atoms with van der Waals surface area (Å²) in [4.78, 5) is 57.2. The van der Waals surface area contributed by atoms with Crippen molar-refractivity contribution in [2.45, 2.75) is 95.8 Å². The standard InChI is InChI=1S/C18H24ClN3O3.C18H22ClN3O3/c2*1-17(2,3)25-16(24)22-10-8-18(9-11-22)20-14(15(23)21-18)12-4-6-13(19)7-5-12/h4-7,14,20H,8-11H2,1-3H3,(H,21,23);4-7H,8-11H2,1-3H3,(H,21,23). The van der Waals surface area contributed by atoms with E-state index in [0.717, 1.165) is 11.1 Å². The minimum atomic E-state index is -0.634. The number of likely N-dealkylation sites (tertiary alicyclic amines) is 2. The number of carbonyl (C=O) groups excluding carboxylic acids is 4. The molecule has 4 amide bonds. The summed E-state index contributed by atoms with van der Waals surface area (Å²) in [5.74, 6) is -0.235. The van der Waals surface area contributed by atoms with Gasteiger partial charge in [0.25, 0.3) is 5.91 Å². The molecule has 6 rings (SSSR count). The molecule has 2 aromatic rings. The topological polar surface area (TPSA) is 142 Å². The number of carbonyl (C=O) groups is 4. The second-order valence-electron chi connectivity index (χ2n) is 15.1. The van der Waals surface area contributed by atoms with Crippen LogP contribution >= 0.6 is 23.2 Å². The summed E-state index contributed by atoms with van der Waals surface area (Å²) in [5.41, 5.74) is -0.0896. The Morgan fingerprint density at radius 3 is 1.68 bits per heavy atom. The highest BCUT2D eigenvalue weighted by Crippen LogP contribution is 2.32. The molecule has 50 heavy (non-hydrogen) atoms. The summed E-state index contributed by atoms with van der Waals surface area (Å²) in [5, 5.41) is 10.7. The molecule has 3 saturated heterocycles. The van der Waals surface area contributed by atoms with Crippen molar-refractivity contribution in [3.05, 3.63) is 69.7 Å². The Bertz CT molecular complexity index is 1620. The van der Waals surface area contributed by atoms with E-state index in [1.807, 2.05) is 53.7 Å². The number of amides is 4. The van der Waals surface area contributed by atoms with E-state index in [-0.39, 0.29) is 24.0 Å². The maximum Gasteiger partial charge on any atom is 0.410 e. The van der Waals surface area contributed by atoms with Gasteiger partial charge in [-0.15, -0.1) is 0 Å². The van der Waals surface area contributed by atoms with Crippen LogP contribution in [0.15, 0.2) is 53.5 Å². The zero-order valence-electron chi connectivity index (χ0n) is 29.4. The molecule has 0 radical (unpaired) electrons. The predicted molar refractivity (Wildman–Crippen MR) is 191 cm³/mol. The predicted octanol–water partition coefficient (Wildman–Crippen LogP) is 5.81. The first-order chi connectivity index (χ1) is 23.3. The van der Waals surface area contributed by atoms with E-state index in [4.69, 9.17) is 32.7 Å². The first kappa shape index (κ1) is 37.4. The molecule has 0 bridgehead atoms. The van der Waals surface area contributed by atoms with Gasteiger partial charge in [-0.05, 0) is 71.4 Å². The van der Waals surface area contributed by atoms with Gasteiger partial charge in [-0.2, -0.15) is 0 Å². The third-order valence-corrected chi connectivity index (χ3v) is 9.27. The number of halogens is 2. The molecule has 4 heterocycles. The van der Waals surface area contributed by atoms with E-state index < -0.39 is 28.6 Å². The maximum absolute atomic E-state index is 12.4. The van der Waals surface area contributed by atoms with Gasteiger partial charge in [-0.25, -0.2) is 9.59 Å². The lowest BCUT2D eigenvalue weighted by Crippen LogP contribution is -2.58. The van der Waals surface area contributed by atoms with Gasteiger partial charge in [0.1, 0.15) is 28.6 Å². The van der Waals surface area contributed by atoms with Gasteiger partial charge in [0.2, 0.25) is 5.91 Å².